The number of nitrogens with one attached hydrogen (secondary N) is 1. The molecule has 0 aromatic heterocycles. The molecule has 0 aliphatic heterocycles. The molecule has 2 atom stereocenters. The number of hydrogen-bond donors (Lipinski definition) is 1. The van der Waals surface area contributed by atoms with Gasteiger partial charge in [-0.05, 0) is 37.3 Å². The fraction of sp³-hybridized carbons (Fsp3) is 0.667. The van der Waals surface area contributed by atoms with E-state index in [1.165, 1.54) is 11.1 Å². The highest BCUT2D eigenvalue weighted by Gasteiger charge is 2.18. The molecular weight excluding hydrogens is 246 g/mol. The van der Waals surface area contributed by atoms with E-state index >= 15 is 0 Å². The average molecular weight is 277 g/mol. The summed E-state index contributed by atoms with van der Waals surface area (Å²) in [6.45, 7) is 14.0. The molecule has 2 unspecified atom stereocenters. The second-order valence-corrected chi connectivity index (χ2v) is 6.48. The Balaban J connectivity index is 2.77. The van der Waals surface area contributed by atoms with E-state index in [4.69, 9.17) is 4.74 Å². The molecule has 0 saturated heterocycles. The van der Waals surface area contributed by atoms with Gasteiger partial charge in [-0.1, -0.05) is 52.0 Å². The molecule has 0 heterocycles. The van der Waals surface area contributed by atoms with E-state index in [1.54, 1.807) is 0 Å². The van der Waals surface area contributed by atoms with Gasteiger partial charge >= 0.3 is 0 Å². The van der Waals surface area contributed by atoms with E-state index in [1.807, 2.05) is 0 Å². The zero-order chi connectivity index (χ0) is 15.1. The molecule has 2 heteroatoms. The fourth-order valence-corrected chi connectivity index (χ4v) is 2.52. The Hall–Kier alpha value is -0.860. The number of hydrogen-bond acceptors (Lipinski definition) is 2. The third-order valence-corrected chi connectivity index (χ3v) is 3.45. The molecule has 1 N–H and O–H groups in total. The zero-order valence-electron chi connectivity index (χ0n) is 13.9. The molecule has 0 spiro atoms. The molecule has 0 amide bonds. The van der Waals surface area contributed by atoms with Crippen LogP contribution in [-0.4, -0.2) is 18.7 Å². The molecule has 1 aromatic carbocycles. The van der Waals surface area contributed by atoms with Crippen LogP contribution in [0.1, 0.15) is 58.3 Å². The lowest BCUT2D eigenvalue weighted by atomic mass is 10.0. The highest BCUT2D eigenvalue weighted by atomic mass is 16.5. The predicted molar refractivity (Wildman–Crippen MR) is 87.1 cm³/mol. The van der Waals surface area contributed by atoms with Crippen molar-refractivity contribution in [3.05, 3.63) is 35.4 Å². The van der Waals surface area contributed by atoms with Gasteiger partial charge in [0.05, 0.1) is 12.2 Å². The Bertz CT molecular complexity index is 387. The average Bonchev–Trinajstić information content (AvgIpc) is 2.34. The quantitative estimate of drug-likeness (QED) is 0.756. The van der Waals surface area contributed by atoms with Gasteiger partial charge in [0.2, 0.25) is 0 Å². The van der Waals surface area contributed by atoms with Crippen LogP contribution < -0.4 is 5.32 Å². The Labute approximate surface area is 124 Å². The molecule has 0 aliphatic rings. The Morgan fingerprint density at radius 2 is 1.70 bits per heavy atom. The van der Waals surface area contributed by atoms with Crippen molar-refractivity contribution in [2.24, 2.45) is 5.92 Å². The molecule has 20 heavy (non-hydrogen) atoms. The first-order chi connectivity index (χ1) is 9.40. The molecule has 0 saturated carbocycles. The van der Waals surface area contributed by atoms with Crippen LogP contribution in [0.25, 0.3) is 0 Å². The topological polar surface area (TPSA) is 21.3 Å². The third kappa shape index (κ3) is 6.06. The first-order valence-electron chi connectivity index (χ1n) is 7.84. The second kappa shape index (κ2) is 8.43. The summed E-state index contributed by atoms with van der Waals surface area (Å²) in [6, 6.07) is 9.01. The largest absolute Gasteiger partial charge is 0.369 e. The van der Waals surface area contributed by atoms with Crippen LogP contribution in [0.2, 0.25) is 0 Å². The van der Waals surface area contributed by atoms with Crippen LogP contribution in [-0.2, 0) is 4.74 Å². The standard InChI is InChI=1S/C18H31NO/c1-13(2)11-16(6)20-18(12-19-14(3)4)17-10-8-7-9-15(17)5/h7-10,13-14,16,18-19H,11-12H2,1-6H3. The van der Waals surface area contributed by atoms with Gasteiger partial charge in [-0.3, -0.25) is 0 Å². The van der Waals surface area contributed by atoms with Gasteiger partial charge in [0.1, 0.15) is 0 Å². The number of aryl methyl sites for hydroxylation is 1. The maximum Gasteiger partial charge on any atom is 0.0955 e. The highest BCUT2D eigenvalue weighted by Crippen LogP contribution is 2.24. The summed E-state index contributed by atoms with van der Waals surface area (Å²) in [5, 5.41) is 3.50. The van der Waals surface area contributed by atoms with Crippen LogP contribution in [0.3, 0.4) is 0 Å². The third-order valence-electron chi connectivity index (χ3n) is 3.45. The van der Waals surface area contributed by atoms with E-state index in [2.05, 4.69) is 71.1 Å². The second-order valence-electron chi connectivity index (χ2n) is 6.48. The van der Waals surface area contributed by atoms with Crippen molar-refractivity contribution in [3.8, 4) is 0 Å². The van der Waals surface area contributed by atoms with Gasteiger partial charge in [-0.2, -0.15) is 0 Å². The summed E-state index contributed by atoms with van der Waals surface area (Å²) in [4.78, 5) is 0. The fourth-order valence-electron chi connectivity index (χ4n) is 2.52. The summed E-state index contributed by atoms with van der Waals surface area (Å²) in [6.07, 6.45) is 1.52. The monoisotopic (exact) mass is 277 g/mol. The van der Waals surface area contributed by atoms with Crippen LogP contribution in [0.15, 0.2) is 24.3 Å². The normalized spacial score (nSPS) is 14.8. The van der Waals surface area contributed by atoms with E-state index < -0.39 is 0 Å². The molecule has 2 nitrogen and oxygen atoms in total. The summed E-state index contributed by atoms with van der Waals surface area (Å²) in [7, 11) is 0. The summed E-state index contributed by atoms with van der Waals surface area (Å²) >= 11 is 0. The van der Waals surface area contributed by atoms with Crippen LogP contribution >= 0.6 is 0 Å². The van der Waals surface area contributed by atoms with Crippen LogP contribution in [0, 0.1) is 12.8 Å². The zero-order valence-corrected chi connectivity index (χ0v) is 13.9. The van der Waals surface area contributed by atoms with Crippen molar-refractivity contribution in [1.82, 2.24) is 5.32 Å². The first-order valence-corrected chi connectivity index (χ1v) is 7.84. The van der Waals surface area contributed by atoms with Gasteiger partial charge < -0.3 is 10.1 Å². The van der Waals surface area contributed by atoms with Gasteiger partial charge in [-0.25, -0.2) is 0 Å². The number of benzene rings is 1. The van der Waals surface area contributed by atoms with Crippen molar-refractivity contribution in [2.45, 2.75) is 66.2 Å². The molecule has 0 aliphatic carbocycles. The van der Waals surface area contributed by atoms with Gasteiger partial charge in [0.15, 0.2) is 0 Å². The van der Waals surface area contributed by atoms with E-state index in [9.17, 15) is 0 Å². The molecule has 114 valence electrons. The van der Waals surface area contributed by atoms with Crippen LogP contribution in [0.4, 0.5) is 0 Å². The summed E-state index contributed by atoms with van der Waals surface area (Å²) < 4.78 is 6.32. The Kier molecular flexibility index (Phi) is 7.25. The van der Waals surface area contributed by atoms with Gasteiger partial charge in [0.25, 0.3) is 0 Å². The number of ether oxygens (including phenoxy) is 1. The highest BCUT2D eigenvalue weighted by molar-refractivity contribution is 5.28. The van der Waals surface area contributed by atoms with Gasteiger partial charge in [0, 0.05) is 12.6 Å². The molecule has 0 fully saturated rings. The Morgan fingerprint density at radius 3 is 2.25 bits per heavy atom. The van der Waals surface area contributed by atoms with Crippen molar-refractivity contribution < 1.29 is 4.74 Å². The molecule has 1 rings (SSSR count). The van der Waals surface area contributed by atoms with Gasteiger partial charge in [-0.15, -0.1) is 0 Å². The number of rotatable bonds is 8. The van der Waals surface area contributed by atoms with E-state index in [-0.39, 0.29) is 12.2 Å². The predicted octanol–water partition coefficient (Wildman–Crippen LogP) is 4.49. The van der Waals surface area contributed by atoms with Crippen molar-refractivity contribution in [2.75, 3.05) is 6.54 Å². The Morgan fingerprint density at radius 1 is 1.05 bits per heavy atom. The lowest BCUT2D eigenvalue weighted by molar-refractivity contribution is -0.0137. The van der Waals surface area contributed by atoms with E-state index in [0.29, 0.717) is 12.0 Å². The summed E-state index contributed by atoms with van der Waals surface area (Å²) in [5.74, 6) is 0.667. The maximum atomic E-state index is 6.32. The SMILES string of the molecule is Cc1ccccc1C(CNC(C)C)OC(C)CC(C)C. The minimum atomic E-state index is 0.132. The smallest absolute Gasteiger partial charge is 0.0955 e. The first kappa shape index (κ1) is 17.2. The minimum absolute atomic E-state index is 0.132. The minimum Gasteiger partial charge on any atom is -0.369 e. The maximum absolute atomic E-state index is 6.32. The summed E-state index contributed by atoms with van der Waals surface area (Å²) in [5.41, 5.74) is 2.61. The molecule has 0 bridgehead atoms. The van der Waals surface area contributed by atoms with Crippen LogP contribution in [0.5, 0.6) is 0 Å². The lowest BCUT2D eigenvalue weighted by Crippen LogP contribution is -2.31. The van der Waals surface area contributed by atoms with Crippen molar-refractivity contribution in [1.29, 1.82) is 0 Å². The lowest BCUT2D eigenvalue weighted by Gasteiger charge is -2.26. The van der Waals surface area contributed by atoms with E-state index in [0.717, 1.165) is 13.0 Å². The molecule has 0 radical (unpaired) electrons. The van der Waals surface area contributed by atoms with Crippen molar-refractivity contribution >= 4 is 0 Å². The molecule has 1 aromatic rings. The van der Waals surface area contributed by atoms with Crippen molar-refractivity contribution in [3.63, 3.8) is 0 Å². The molecular formula is C18H31NO.